The van der Waals surface area contributed by atoms with Gasteiger partial charge in [0.2, 0.25) is 5.52 Å². The van der Waals surface area contributed by atoms with Crippen LogP contribution in [0.4, 0.5) is 5.69 Å². The fourth-order valence-electron chi connectivity index (χ4n) is 4.12. The molecule has 1 aliphatic heterocycles. The van der Waals surface area contributed by atoms with E-state index in [0.717, 1.165) is 30.8 Å². The molecule has 2 heterocycles. The highest BCUT2D eigenvalue weighted by Gasteiger charge is 2.26. The average Bonchev–Trinajstić information content (AvgIpc) is 3.35. The Morgan fingerprint density at radius 1 is 1.00 bits per heavy atom. The maximum absolute atomic E-state index is 11.2. The first-order valence-corrected chi connectivity index (χ1v) is 16.7. The second kappa shape index (κ2) is 12.2. The first kappa shape index (κ1) is 28.6. The van der Waals surface area contributed by atoms with Crippen LogP contribution in [-0.4, -0.2) is 50.6 Å². The number of allylic oxidation sites excluding steroid dienone is 1. The third-order valence-corrected chi connectivity index (χ3v) is 9.47. The molecule has 1 aliphatic rings. The average molecular weight is 596 g/mol. The molecule has 0 saturated heterocycles. The Hall–Kier alpha value is -2.42. The van der Waals surface area contributed by atoms with Crippen LogP contribution in [0.15, 0.2) is 70.3 Å². The van der Waals surface area contributed by atoms with Gasteiger partial charge in [-0.25, -0.2) is 16.8 Å². The molecule has 0 aliphatic carbocycles. The summed E-state index contributed by atoms with van der Waals surface area (Å²) < 4.78 is 75.9. The Morgan fingerprint density at radius 3 is 2.42 bits per heavy atom. The minimum absolute atomic E-state index is 0.185. The van der Waals surface area contributed by atoms with Crippen molar-refractivity contribution in [2.75, 3.05) is 29.6 Å². The van der Waals surface area contributed by atoms with E-state index in [4.69, 9.17) is 4.74 Å². The smallest absolute Gasteiger partial charge is 0.266 e. The summed E-state index contributed by atoms with van der Waals surface area (Å²) in [6, 6.07) is 15.5. The number of ether oxygens (including phenoxy) is 1. The molecule has 0 radical (unpaired) electrons. The maximum Gasteiger partial charge on any atom is 0.266 e. The summed E-state index contributed by atoms with van der Waals surface area (Å²) in [5.41, 5.74) is 1.86. The first-order chi connectivity index (χ1) is 18.0. The van der Waals surface area contributed by atoms with E-state index in [-0.39, 0.29) is 12.8 Å². The van der Waals surface area contributed by atoms with E-state index in [2.05, 4.69) is 0 Å². The van der Waals surface area contributed by atoms with Gasteiger partial charge in [-0.15, -0.1) is 0 Å². The lowest BCUT2D eigenvalue weighted by atomic mass is 10.2. The first-order valence-electron chi connectivity index (χ1n) is 11.9. The molecule has 9 nitrogen and oxygen atoms in total. The number of nitrogens with zero attached hydrogens (tertiary/aromatic N) is 2. The van der Waals surface area contributed by atoms with Crippen molar-refractivity contribution in [2.45, 2.75) is 31.2 Å². The van der Waals surface area contributed by atoms with Gasteiger partial charge in [-0.3, -0.25) is 0 Å². The van der Waals surface area contributed by atoms with Crippen LogP contribution in [0, 0.1) is 0 Å². The molecule has 0 spiro atoms. The van der Waals surface area contributed by atoms with Crippen molar-refractivity contribution < 1.29 is 35.2 Å². The number of rotatable bonds is 12. The number of aromatic nitrogens is 1. The fourth-order valence-corrected chi connectivity index (χ4v) is 7.34. The monoisotopic (exact) mass is 595 g/mol. The lowest BCUT2D eigenvalue weighted by molar-refractivity contribution is -0.668. The molecule has 38 heavy (non-hydrogen) atoms. The van der Waals surface area contributed by atoms with Crippen molar-refractivity contribution in [3.05, 3.63) is 70.4 Å². The molecule has 3 aromatic rings. The van der Waals surface area contributed by atoms with E-state index in [9.17, 15) is 25.9 Å². The summed E-state index contributed by atoms with van der Waals surface area (Å²) in [6.45, 7) is 2.98. The molecule has 0 saturated carbocycles. The predicted molar refractivity (Wildman–Crippen MR) is 148 cm³/mol. The quantitative estimate of drug-likeness (QED) is 0.174. The molecule has 0 amide bonds. The van der Waals surface area contributed by atoms with Crippen LogP contribution in [0.1, 0.15) is 24.8 Å². The largest absolute Gasteiger partial charge is 0.748 e. The Morgan fingerprint density at radius 2 is 1.68 bits per heavy atom. The second-order valence-corrected chi connectivity index (χ2v) is 13.6. The van der Waals surface area contributed by atoms with E-state index in [1.165, 1.54) is 23.1 Å². The SMILES string of the molecule is CCOC(=C\c1sc2ccccc2[n+]1CCCS(=O)(=O)[O-])/C=C1\Sc2ccccc2N1CCCS(=O)(=O)[O-]. The van der Waals surface area contributed by atoms with Gasteiger partial charge in [0.25, 0.3) is 5.01 Å². The van der Waals surface area contributed by atoms with Gasteiger partial charge in [-0.1, -0.05) is 47.4 Å². The second-order valence-electron chi connectivity index (χ2n) is 8.47. The Kier molecular flexibility index (Phi) is 9.16. The van der Waals surface area contributed by atoms with E-state index in [1.807, 2.05) is 77.1 Å². The van der Waals surface area contributed by atoms with Crippen LogP contribution >= 0.6 is 23.1 Å². The summed E-state index contributed by atoms with van der Waals surface area (Å²) in [4.78, 5) is 2.99. The zero-order valence-corrected chi connectivity index (χ0v) is 23.9. The van der Waals surface area contributed by atoms with Crippen LogP contribution in [0.25, 0.3) is 16.3 Å². The number of para-hydroxylation sites is 2. The van der Waals surface area contributed by atoms with Crippen LogP contribution < -0.4 is 9.47 Å². The summed E-state index contributed by atoms with van der Waals surface area (Å²) in [5.74, 6) is -0.321. The fraction of sp³-hybridized carbons (Fsp3) is 0.320. The normalized spacial score (nSPS) is 15.4. The number of benzene rings is 2. The van der Waals surface area contributed by atoms with Gasteiger partial charge in [-0.2, -0.15) is 4.57 Å². The number of thiazole rings is 1. The third-order valence-electron chi connectivity index (χ3n) is 5.67. The zero-order chi connectivity index (χ0) is 27.3. The Balaban J connectivity index is 1.69. The third kappa shape index (κ3) is 7.58. The number of aryl methyl sites for hydroxylation is 1. The van der Waals surface area contributed by atoms with Crippen LogP contribution in [0.3, 0.4) is 0 Å². The van der Waals surface area contributed by atoms with Crippen molar-refractivity contribution in [1.82, 2.24) is 0 Å². The van der Waals surface area contributed by atoms with Gasteiger partial charge < -0.3 is 18.7 Å². The number of anilines is 1. The molecule has 0 atom stereocenters. The lowest BCUT2D eigenvalue weighted by Crippen LogP contribution is -2.36. The molecule has 2 aromatic carbocycles. The van der Waals surface area contributed by atoms with Crippen molar-refractivity contribution in [2.24, 2.45) is 0 Å². The molecular formula is C25H27N2O7S4-. The minimum atomic E-state index is -4.32. The highest BCUT2D eigenvalue weighted by molar-refractivity contribution is 8.03. The molecule has 4 rings (SSSR count). The van der Waals surface area contributed by atoms with Crippen molar-refractivity contribution in [3.63, 3.8) is 0 Å². The molecule has 0 N–H and O–H groups in total. The van der Waals surface area contributed by atoms with Gasteiger partial charge in [0.15, 0.2) is 6.54 Å². The Bertz CT molecular complexity index is 1580. The number of fused-ring (bicyclic) bond motifs is 2. The van der Waals surface area contributed by atoms with Gasteiger partial charge in [0.05, 0.1) is 43.6 Å². The maximum atomic E-state index is 11.2. The molecule has 1 aromatic heterocycles. The van der Waals surface area contributed by atoms with Gasteiger partial charge in [-0.05, 0) is 31.5 Å². The molecule has 13 heteroatoms. The predicted octanol–water partition coefficient (Wildman–Crippen LogP) is 3.89. The van der Waals surface area contributed by atoms with Crippen molar-refractivity contribution in [3.8, 4) is 0 Å². The van der Waals surface area contributed by atoms with Gasteiger partial charge in [0.1, 0.15) is 10.5 Å². The molecule has 0 unspecified atom stereocenters. The topological polar surface area (TPSA) is 131 Å². The lowest BCUT2D eigenvalue weighted by Gasteiger charge is -2.21. The van der Waals surface area contributed by atoms with E-state index in [1.54, 1.807) is 0 Å². The van der Waals surface area contributed by atoms with Gasteiger partial charge >= 0.3 is 0 Å². The molecule has 0 bridgehead atoms. The summed E-state index contributed by atoms with van der Waals surface area (Å²) in [6.07, 6.45) is 4.14. The molecule has 0 fully saturated rings. The summed E-state index contributed by atoms with van der Waals surface area (Å²) >= 11 is 3.05. The highest BCUT2D eigenvalue weighted by atomic mass is 32.2. The number of hydrogen-bond donors (Lipinski definition) is 0. The Labute approximate surface area is 230 Å². The van der Waals surface area contributed by atoms with Crippen molar-refractivity contribution >= 4 is 65.3 Å². The van der Waals surface area contributed by atoms with E-state index >= 15 is 0 Å². The summed E-state index contributed by atoms with van der Waals surface area (Å²) in [5, 5.41) is 1.67. The molecular weight excluding hydrogens is 569 g/mol. The van der Waals surface area contributed by atoms with Crippen LogP contribution in [-0.2, 0) is 31.5 Å². The number of thioether (sulfide) groups is 1. The summed E-state index contributed by atoms with van der Waals surface area (Å²) in [7, 11) is -8.63. The van der Waals surface area contributed by atoms with Crippen LogP contribution in [0.2, 0.25) is 0 Å². The highest BCUT2D eigenvalue weighted by Crippen LogP contribution is 2.46. The van der Waals surface area contributed by atoms with Gasteiger partial charge in [0, 0.05) is 41.5 Å². The van der Waals surface area contributed by atoms with E-state index < -0.39 is 31.7 Å². The standard InChI is InChI=1S/C25H28N2O7S4/c1-2-34-19(17-24-26(13-7-15-37(28,29)30)20-9-3-5-11-22(20)35-24)18-25-27(14-8-16-38(31,32)33)21-10-4-6-12-23(21)36-25/h3-6,9-12,17-18H,2,7-8,13-16H2,1H3,(H-,28,29,30,31,32,33)/p-1. The number of hydrogen-bond acceptors (Lipinski definition) is 10. The van der Waals surface area contributed by atoms with E-state index in [0.29, 0.717) is 25.5 Å². The zero-order valence-electron chi connectivity index (χ0n) is 20.6. The molecule has 204 valence electrons. The van der Waals surface area contributed by atoms with Crippen LogP contribution in [0.5, 0.6) is 0 Å². The van der Waals surface area contributed by atoms with Crippen molar-refractivity contribution in [1.29, 1.82) is 0 Å². The minimum Gasteiger partial charge on any atom is -0.748 e.